The van der Waals surface area contributed by atoms with Gasteiger partial charge < -0.3 is 30.3 Å². The predicted octanol–water partition coefficient (Wildman–Crippen LogP) is 11.0. The van der Waals surface area contributed by atoms with Crippen LogP contribution >= 0.6 is 7.82 Å². The quantitative estimate of drug-likeness (QED) is 0.0197. The number of ether oxygens (including phenoxy) is 2. The molecule has 0 bridgehead atoms. The molecule has 0 amide bonds. The second-order valence-corrected chi connectivity index (χ2v) is 16.0. The first-order valence-electron chi connectivity index (χ1n) is 22.4. The molecule has 0 aliphatic carbocycles. The van der Waals surface area contributed by atoms with E-state index in [0.717, 1.165) is 89.9 Å². The van der Waals surface area contributed by atoms with Gasteiger partial charge in [-0.1, -0.05) is 130 Å². The van der Waals surface area contributed by atoms with E-state index in [1.807, 2.05) is 12.2 Å². The smallest absolute Gasteiger partial charge is 0.472 e. The number of hydrogen-bond acceptors (Lipinski definition) is 10. The van der Waals surface area contributed by atoms with Gasteiger partial charge in [-0.2, -0.15) is 0 Å². The molecule has 0 aromatic rings. The highest BCUT2D eigenvalue weighted by Gasteiger charge is 2.28. The Hall–Kier alpha value is -3.64. The minimum Gasteiger partial charge on any atom is -0.480 e. The average molecular weight is 876 g/mol. The van der Waals surface area contributed by atoms with E-state index in [9.17, 15) is 23.8 Å². The lowest BCUT2D eigenvalue weighted by Crippen LogP contribution is -2.34. The van der Waals surface area contributed by atoms with Crippen LogP contribution in [-0.4, -0.2) is 71.6 Å². The molecule has 0 saturated heterocycles. The second kappa shape index (κ2) is 43.0. The first-order chi connectivity index (χ1) is 29.6. The van der Waals surface area contributed by atoms with E-state index in [1.165, 1.54) is 19.3 Å². The van der Waals surface area contributed by atoms with Gasteiger partial charge in [-0.05, 0) is 103 Å². The third-order valence-corrected chi connectivity index (χ3v) is 9.81. The molecule has 13 heteroatoms. The zero-order valence-electron chi connectivity index (χ0n) is 36.9. The number of carboxylic acid groups (broad SMARTS) is 1. The summed E-state index contributed by atoms with van der Waals surface area (Å²) in [5, 5.41) is 17.7. The number of rotatable bonds is 41. The van der Waals surface area contributed by atoms with Gasteiger partial charge in [-0.15, -0.1) is 0 Å². The number of carboxylic acids is 1. The van der Waals surface area contributed by atoms with Crippen LogP contribution in [0, 0.1) is 0 Å². The fraction of sp³-hybridized carbons (Fsp3) is 0.604. The highest BCUT2D eigenvalue weighted by atomic mass is 31.2. The number of nitrogens with two attached hydrogens (primary N) is 1. The van der Waals surface area contributed by atoms with Crippen LogP contribution in [0.25, 0.3) is 0 Å². The summed E-state index contributed by atoms with van der Waals surface area (Å²) in [6, 6.07) is -1.54. The molecule has 0 fully saturated rings. The minimum absolute atomic E-state index is 0.101. The Morgan fingerprint density at radius 2 is 0.951 bits per heavy atom. The third kappa shape index (κ3) is 42.8. The molecule has 3 atom stereocenters. The van der Waals surface area contributed by atoms with E-state index >= 15 is 0 Å². The van der Waals surface area contributed by atoms with Crippen LogP contribution in [0.1, 0.15) is 148 Å². The van der Waals surface area contributed by atoms with Gasteiger partial charge in [0, 0.05) is 19.4 Å². The molecule has 0 aliphatic rings. The van der Waals surface area contributed by atoms with Crippen molar-refractivity contribution in [2.45, 2.75) is 160 Å². The number of hydrogen-bond donors (Lipinski definition) is 4. The number of carbonyl (C=O) groups excluding carboxylic acids is 2. The number of phosphoric ester groups is 1. The van der Waals surface area contributed by atoms with Gasteiger partial charge in [-0.25, -0.2) is 4.57 Å². The molecule has 0 rings (SSSR count). The molecule has 0 heterocycles. The zero-order chi connectivity index (χ0) is 44.9. The van der Waals surface area contributed by atoms with Crippen molar-refractivity contribution in [1.29, 1.82) is 0 Å². The lowest BCUT2D eigenvalue weighted by Gasteiger charge is -2.20. The van der Waals surface area contributed by atoms with Crippen molar-refractivity contribution < 1.29 is 52.6 Å². The zero-order valence-corrected chi connectivity index (χ0v) is 37.8. The highest BCUT2D eigenvalue weighted by molar-refractivity contribution is 7.47. The maximum Gasteiger partial charge on any atom is 0.472 e. The lowest BCUT2D eigenvalue weighted by atomic mass is 10.1. The van der Waals surface area contributed by atoms with Crippen LogP contribution in [0.5, 0.6) is 0 Å². The van der Waals surface area contributed by atoms with Gasteiger partial charge >= 0.3 is 25.7 Å². The molecular weight excluding hydrogens is 797 g/mol. The van der Waals surface area contributed by atoms with E-state index in [-0.39, 0.29) is 19.4 Å². The normalized spacial score (nSPS) is 14.6. The van der Waals surface area contributed by atoms with Gasteiger partial charge in [-0.3, -0.25) is 23.4 Å². The Labute approximate surface area is 367 Å². The Bertz CT molecular complexity index is 1400. The fourth-order valence-electron chi connectivity index (χ4n) is 5.31. The predicted molar refractivity (Wildman–Crippen MR) is 246 cm³/mol. The summed E-state index contributed by atoms with van der Waals surface area (Å²) < 4.78 is 32.6. The Morgan fingerprint density at radius 1 is 0.541 bits per heavy atom. The molecule has 346 valence electrons. The summed E-state index contributed by atoms with van der Waals surface area (Å²) in [4.78, 5) is 46.0. The van der Waals surface area contributed by atoms with E-state index in [4.69, 9.17) is 29.9 Å². The summed E-state index contributed by atoms with van der Waals surface area (Å²) in [6.07, 6.45) is 52.0. The number of allylic oxidation sites excluding steroid dienone is 16. The van der Waals surface area contributed by atoms with Crippen molar-refractivity contribution in [2.75, 3.05) is 26.4 Å². The molecule has 5 N–H and O–H groups in total. The average Bonchev–Trinajstić information content (AvgIpc) is 3.24. The summed E-state index contributed by atoms with van der Waals surface area (Å²) in [5.74, 6) is -2.52. The number of esters is 2. The van der Waals surface area contributed by atoms with Crippen molar-refractivity contribution in [3.63, 3.8) is 0 Å². The van der Waals surface area contributed by atoms with Gasteiger partial charge in [0.25, 0.3) is 0 Å². The number of aliphatic hydroxyl groups excluding tert-OH is 1. The van der Waals surface area contributed by atoms with E-state index in [2.05, 4.69) is 96.5 Å². The van der Waals surface area contributed by atoms with Crippen LogP contribution in [0.15, 0.2) is 97.2 Å². The lowest BCUT2D eigenvalue weighted by molar-refractivity contribution is -0.161. The van der Waals surface area contributed by atoms with Crippen molar-refractivity contribution in [1.82, 2.24) is 0 Å². The SMILES string of the molecule is CCCCC/C=C\C/C=C\C/C=C\C/C=C\CCCCCC(=O)O[C@H](COC(=O)CCC/C=C\C/C=C\C/C=C\C/C=C\CCCCCO)COP(=O)(O)OC[C@H](N)C(=O)O. The summed E-state index contributed by atoms with van der Waals surface area (Å²) >= 11 is 0. The Kier molecular flexibility index (Phi) is 40.5. The van der Waals surface area contributed by atoms with E-state index in [1.54, 1.807) is 0 Å². The van der Waals surface area contributed by atoms with Crippen LogP contribution in [0.3, 0.4) is 0 Å². The number of aliphatic hydroxyl groups is 1. The van der Waals surface area contributed by atoms with Gasteiger partial charge in [0.1, 0.15) is 12.6 Å². The summed E-state index contributed by atoms with van der Waals surface area (Å²) in [7, 11) is -4.75. The molecule has 1 unspecified atom stereocenters. The molecule has 0 aromatic carbocycles. The Balaban J connectivity index is 4.52. The molecule has 0 spiro atoms. The van der Waals surface area contributed by atoms with Crippen molar-refractivity contribution in [2.24, 2.45) is 5.73 Å². The topological polar surface area (TPSA) is 192 Å². The maximum atomic E-state index is 12.6. The third-order valence-electron chi connectivity index (χ3n) is 8.86. The van der Waals surface area contributed by atoms with Crippen molar-refractivity contribution in [3.05, 3.63) is 97.2 Å². The van der Waals surface area contributed by atoms with Crippen LogP contribution in [0.4, 0.5) is 0 Å². The monoisotopic (exact) mass is 876 g/mol. The molecular formula is C48H78NO11P. The first kappa shape index (κ1) is 57.4. The van der Waals surface area contributed by atoms with Gasteiger partial charge in [0.2, 0.25) is 0 Å². The number of phosphoric acid groups is 1. The van der Waals surface area contributed by atoms with E-state index < -0.39 is 57.7 Å². The molecule has 0 radical (unpaired) electrons. The molecule has 61 heavy (non-hydrogen) atoms. The van der Waals surface area contributed by atoms with Crippen LogP contribution in [-0.2, 0) is 37.5 Å². The van der Waals surface area contributed by atoms with Crippen molar-refractivity contribution >= 4 is 25.7 Å². The number of carbonyl (C=O) groups is 3. The van der Waals surface area contributed by atoms with Gasteiger partial charge in [0.05, 0.1) is 13.2 Å². The second-order valence-electron chi connectivity index (χ2n) is 14.5. The molecule has 0 aliphatic heterocycles. The largest absolute Gasteiger partial charge is 0.480 e. The molecule has 0 aromatic heterocycles. The minimum atomic E-state index is -4.75. The first-order valence-corrected chi connectivity index (χ1v) is 23.9. The van der Waals surface area contributed by atoms with Crippen LogP contribution < -0.4 is 5.73 Å². The van der Waals surface area contributed by atoms with Crippen molar-refractivity contribution in [3.8, 4) is 0 Å². The van der Waals surface area contributed by atoms with E-state index in [0.29, 0.717) is 19.3 Å². The van der Waals surface area contributed by atoms with Crippen LogP contribution in [0.2, 0.25) is 0 Å². The summed E-state index contributed by atoms with van der Waals surface area (Å²) in [5.41, 5.74) is 5.33. The highest BCUT2D eigenvalue weighted by Crippen LogP contribution is 2.43. The van der Waals surface area contributed by atoms with Gasteiger partial charge in [0.15, 0.2) is 6.10 Å². The fourth-order valence-corrected chi connectivity index (χ4v) is 6.09. The Morgan fingerprint density at radius 3 is 1.41 bits per heavy atom. The molecule has 0 saturated carbocycles. The molecule has 12 nitrogen and oxygen atoms in total. The maximum absolute atomic E-state index is 12.6. The standard InChI is InChI=1S/C48H78NO11P/c1-2-3-4-5-6-7-8-9-10-11-12-14-18-21-24-27-30-33-36-39-47(52)60-44(42-58-61(55,56)59-43-45(49)48(53)54)41-57-46(51)38-35-32-29-26-23-20-17-15-13-16-19-22-25-28-31-34-37-40-50/h6-7,9-10,12-14,16-17,20-22,24-26,29,44-45,50H,2-5,8,11,15,18-19,23,27-28,30-43,49H2,1H3,(H,53,54)(H,55,56)/b7-6-,10-9-,14-12-,16-13-,20-17-,24-21-,25-22-,29-26-/t44-,45+/m1/s1. The number of aliphatic carboxylic acids is 1. The number of unbranched alkanes of at least 4 members (excludes halogenated alkanes) is 10. The summed E-state index contributed by atoms with van der Waals surface area (Å²) in [6.45, 7) is 0.672.